The highest BCUT2D eigenvalue weighted by molar-refractivity contribution is 9.10. The molecule has 6 heteroatoms. The Morgan fingerprint density at radius 3 is 2.72 bits per heavy atom. The van der Waals surface area contributed by atoms with Gasteiger partial charge in [-0.1, -0.05) is 28.1 Å². The molecule has 1 atom stereocenters. The minimum atomic E-state index is -0.347. The molecule has 0 aliphatic carbocycles. The van der Waals surface area contributed by atoms with Gasteiger partial charge in [0.05, 0.1) is 6.61 Å². The fraction of sp³-hybridized carbons (Fsp3) is 0.333. The number of hydrogen-bond donors (Lipinski definition) is 2. The monoisotopic (exact) mass is 311 g/mol. The zero-order valence-corrected chi connectivity index (χ0v) is 11.5. The summed E-state index contributed by atoms with van der Waals surface area (Å²) in [5.74, 6) is 0.207. The lowest BCUT2D eigenvalue weighted by Crippen LogP contribution is -2.32. The summed E-state index contributed by atoms with van der Waals surface area (Å²) in [5.41, 5.74) is 0.914. The van der Waals surface area contributed by atoms with Crippen LogP contribution >= 0.6 is 15.9 Å². The molecule has 96 valence electrons. The molecule has 0 bridgehead atoms. The van der Waals surface area contributed by atoms with Gasteiger partial charge in [0.15, 0.2) is 0 Å². The highest BCUT2D eigenvalue weighted by Gasteiger charge is 2.36. The van der Waals surface area contributed by atoms with E-state index < -0.39 is 0 Å². The van der Waals surface area contributed by atoms with Crippen molar-refractivity contribution < 1.29 is 9.53 Å². The van der Waals surface area contributed by atoms with Gasteiger partial charge in [0.2, 0.25) is 0 Å². The van der Waals surface area contributed by atoms with E-state index in [1.807, 2.05) is 24.3 Å². The third-order valence-corrected chi connectivity index (χ3v) is 3.34. The minimum absolute atomic E-state index is 0.207. The molecule has 5 nitrogen and oxygen atoms in total. The summed E-state index contributed by atoms with van der Waals surface area (Å²) in [6.07, 6.45) is 0. The number of carbonyl (C=O) groups excluding carboxylic acids is 1. The molecular weight excluding hydrogens is 298 g/mol. The van der Waals surface area contributed by atoms with Crippen LogP contribution in [0.5, 0.6) is 0 Å². The molecule has 2 amide bonds. The number of urea groups is 1. The van der Waals surface area contributed by atoms with Gasteiger partial charge in [-0.3, -0.25) is 10.7 Å². The van der Waals surface area contributed by atoms with Crippen molar-refractivity contribution in [2.24, 2.45) is 0 Å². The summed E-state index contributed by atoms with van der Waals surface area (Å²) in [6, 6.07) is 7.03. The Kier molecular flexibility index (Phi) is 3.98. The van der Waals surface area contributed by atoms with Crippen molar-refractivity contribution >= 4 is 27.8 Å². The van der Waals surface area contributed by atoms with Crippen LogP contribution in [0.4, 0.5) is 4.79 Å². The molecule has 1 fully saturated rings. The van der Waals surface area contributed by atoms with Gasteiger partial charge in [-0.2, -0.15) is 0 Å². The van der Waals surface area contributed by atoms with Crippen molar-refractivity contribution in [1.29, 1.82) is 5.41 Å². The molecule has 1 aromatic rings. The van der Waals surface area contributed by atoms with Crippen LogP contribution in [0.1, 0.15) is 11.6 Å². The van der Waals surface area contributed by atoms with E-state index in [1.54, 1.807) is 12.0 Å². The average Bonchev–Trinajstić information content (AvgIpc) is 2.62. The molecule has 1 saturated heterocycles. The van der Waals surface area contributed by atoms with Crippen molar-refractivity contribution in [1.82, 2.24) is 10.2 Å². The number of amidine groups is 1. The second-order valence-corrected chi connectivity index (χ2v) is 4.90. The van der Waals surface area contributed by atoms with E-state index in [2.05, 4.69) is 21.2 Å². The number of nitrogens with zero attached hydrogens (tertiary/aromatic N) is 1. The SMILES string of the molecule is COCCN1C(=O)NC(=N)C1c1ccc(Br)cc1. The van der Waals surface area contributed by atoms with Crippen molar-refractivity contribution in [3.8, 4) is 0 Å². The normalized spacial score (nSPS) is 19.2. The first-order valence-electron chi connectivity index (χ1n) is 5.54. The second-order valence-electron chi connectivity index (χ2n) is 3.98. The maximum absolute atomic E-state index is 11.8. The fourth-order valence-electron chi connectivity index (χ4n) is 1.94. The maximum atomic E-state index is 11.8. The Bertz CT molecular complexity index is 461. The van der Waals surface area contributed by atoms with Crippen LogP contribution in [0, 0.1) is 5.41 Å². The number of carbonyl (C=O) groups is 1. The van der Waals surface area contributed by atoms with Crippen molar-refractivity contribution in [3.05, 3.63) is 34.3 Å². The number of benzene rings is 1. The van der Waals surface area contributed by atoms with Crippen molar-refractivity contribution in [3.63, 3.8) is 0 Å². The lowest BCUT2D eigenvalue weighted by molar-refractivity contribution is 0.151. The molecule has 1 aliphatic heterocycles. The van der Waals surface area contributed by atoms with E-state index in [1.165, 1.54) is 0 Å². The highest BCUT2D eigenvalue weighted by Crippen LogP contribution is 2.26. The molecule has 1 unspecified atom stereocenters. The van der Waals surface area contributed by atoms with Crippen molar-refractivity contribution in [2.75, 3.05) is 20.3 Å². The van der Waals surface area contributed by atoms with Gasteiger partial charge in [-0.05, 0) is 17.7 Å². The topological polar surface area (TPSA) is 65.4 Å². The Morgan fingerprint density at radius 2 is 2.11 bits per heavy atom. The molecule has 2 N–H and O–H groups in total. The van der Waals surface area contributed by atoms with Crippen LogP contribution in [-0.4, -0.2) is 37.0 Å². The van der Waals surface area contributed by atoms with Crippen LogP contribution in [0.15, 0.2) is 28.7 Å². The summed E-state index contributed by atoms with van der Waals surface area (Å²) >= 11 is 3.37. The molecule has 0 spiro atoms. The van der Waals surface area contributed by atoms with E-state index >= 15 is 0 Å². The summed E-state index contributed by atoms with van der Waals surface area (Å²) in [7, 11) is 1.59. The molecule has 18 heavy (non-hydrogen) atoms. The van der Waals surface area contributed by atoms with Gasteiger partial charge in [0, 0.05) is 18.1 Å². The molecule has 0 saturated carbocycles. The van der Waals surface area contributed by atoms with Gasteiger partial charge in [-0.15, -0.1) is 0 Å². The number of nitrogens with one attached hydrogen (secondary N) is 2. The van der Waals surface area contributed by atoms with Crippen molar-refractivity contribution in [2.45, 2.75) is 6.04 Å². The van der Waals surface area contributed by atoms with Gasteiger partial charge in [0.1, 0.15) is 11.9 Å². The lowest BCUT2D eigenvalue weighted by atomic mass is 10.1. The average molecular weight is 312 g/mol. The second kappa shape index (κ2) is 5.49. The first kappa shape index (κ1) is 13.0. The Hall–Kier alpha value is -1.40. The molecule has 1 aromatic carbocycles. The third kappa shape index (κ3) is 2.54. The van der Waals surface area contributed by atoms with Crippen LogP contribution in [-0.2, 0) is 4.74 Å². The largest absolute Gasteiger partial charge is 0.383 e. The number of hydrogen-bond acceptors (Lipinski definition) is 3. The number of methoxy groups -OCH3 is 1. The van der Waals surface area contributed by atoms with E-state index in [-0.39, 0.29) is 17.9 Å². The first-order chi connectivity index (χ1) is 8.63. The van der Waals surface area contributed by atoms with E-state index in [0.29, 0.717) is 13.2 Å². The number of halogens is 1. The van der Waals surface area contributed by atoms with Crippen LogP contribution in [0.3, 0.4) is 0 Å². The van der Waals surface area contributed by atoms with Gasteiger partial charge >= 0.3 is 6.03 Å². The number of amides is 2. The Labute approximate surface area is 114 Å². The van der Waals surface area contributed by atoms with Crippen LogP contribution in [0.2, 0.25) is 0 Å². The standard InChI is InChI=1S/C12H14BrN3O2/c1-18-7-6-16-10(11(14)15-12(16)17)8-2-4-9(13)5-3-8/h2-5,10H,6-7H2,1H3,(H2,14,15,17). The molecule has 1 heterocycles. The molecule has 0 aromatic heterocycles. The van der Waals surface area contributed by atoms with E-state index in [0.717, 1.165) is 10.0 Å². The van der Waals surface area contributed by atoms with Crippen LogP contribution < -0.4 is 5.32 Å². The predicted molar refractivity (Wildman–Crippen MR) is 71.7 cm³/mol. The fourth-order valence-corrected chi connectivity index (χ4v) is 2.20. The smallest absolute Gasteiger partial charge is 0.323 e. The summed E-state index contributed by atoms with van der Waals surface area (Å²) in [6.45, 7) is 0.916. The van der Waals surface area contributed by atoms with Gasteiger partial charge in [0.25, 0.3) is 0 Å². The first-order valence-corrected chi connectivity index (χ1v) is 6.33. The predicted octanol–water partition coefficient (Wildman–Crippen LogP) is 2.14. The van der Waals surface area contributed by atoms with Crippen LogP contribution in [0.25, 0.3) is 0 Å². The zero-order chi connectivity index (χ0) is 13.1. The zero-order valence-electron chi connectivity index (χ0n) is 9.94. The summed E-state index contributed by atoms with van der Waals surface area (Å²) < 4.78 is 5.96. The minimum Gasteiger partial charge on any atom is -0.383 e. The number of ether oxygens (including phenoxy) is 1. The molecular formula is C12H14BrN3O2. The highest BCUT2D eigenvalue weighted by atomic mass is 79.9. The molecule has 2 rings (SSSR count). The molecule has 0 radical (unpaired) electrons. The quantitative estimate of drug-likeness (QED) is 0.894. The molecule has 1 aliphatic rings. The summed E-state index contributed by atoms with van der Waals surface area (Å²) in [5, 5.41) is 10.4. The van der Waals surface area contributed by atoms with E-state index in [4.69, 9.17) is 10.1 Å². The maximum Gasteiger partial charge on any atom is 0.323 e. The number of rotatable bonds is 4. The summed E-state index contributed by atoms with van der Waals surface area (Å²) in [4.78, 5) is 13.4. The lowest BCUT2D eigenvalue weighted by Gasteiger charge is -2.22. The third-order valence-electron chi connectivity index (χ3n) is 2.81. The van der Waals surface area contributed by atoms with Gasteiger partial charge < -0.3 is 9.64 Å². The Balaban J connectivity index is 2.24. The van der Waals surface area contributed by atoms with E-state index in [9.17, 15) is 4.79 Å². The Morgan fingerprint density at radius 1 is 1.44 bits per heavy atom. The van der Waals surface area contributed by atoms with Gasteiger partial charge in [-0.25, -0.2) is 4.79 Å².